The summed E-state index contributed by atoms with van der Waals surface area (Å²) in [5, 5.41) is 2.51. The van der Waals surface area contributed by atoms with E-state index in [2.05, 4.69) is 48.2 Å². The van der Waals surface area contributed by atoms with Gasteiger partial charge in [0.25, 0.3) is 0 Å². The fourth-order valence-electron chi connectivity index (χ4n) is 5.14. The molecule has 0 aromatic heterocycles. The Bertz CT molecular complexity index is 864. The molecule has 0 spiro atoms. The maximum atomic E-state index is 11.9. The minimum absolute atomic E-state index is 0.0238. The maximum absolute atomic E-state index is 11.9. The van der Waals surface area contributed by atoms with Gasteiger partial charge in [-0.2, -0.15) is 0 Å². The van der Waals surface area contributed by atoms with Crippen LogP contribution in [0.25, 0.3) is 10.8 Å². The molecule has 168 valence electrons. The van der Waals surface area contributed by atoms with Crippen molar-refractivity contribution < 1.29 is 14.3 Å². The number of benzene rings is 2. The van der Waals surface area contributed by atoms with Gasteiger partial charge in [-0.15, -0.1) is 0 Å². The van der Waals surface area contributed by atoms with Crippen LogP contribution in [0.5, 0.6) is 5.75 Å². The number of hydrogen-bond acceptors (Lipinski definition) is 4. The van der Waals surface area contributed by atoms with Crippen molar-refractivity contribution in [1.82, 2.24) is 4.90 Å². The van der Waals surface area contributed by atoms with Crippen LogP contribution in [0.3, 0.4) is 0 Å². The molecule has 0 unspecified atom stereocenters. The molecule has 31 heavy (non-hydrogen) atoms. The SMILES string of the molecule is CCOC(=O)C1CCN(Cc2ccc3cc(OC4CCC(CC)CC4)ccc3c2)CC1. The second-order valence-electron chi connectivity index (χ2n) is 9.31. The lowest BCUT2D eigenvalue weighted by Gasteiger charge is -2.30. The third kappa shape index (κ3) is 5.79. The molecule has 4 nitrogen and oxygen atoms in total. The van der Waals surface area contributed by atoms with Crippen LogP contribution in [0.2, 0.25) is 0 Å². The molecule has 0 bridgehead atoms. The van der Waals surface area contributed by atoms with Crippen molar-refractivity contribution in [3.05, 3.63) is 42.0 Å². The van der Waals surface area contributed by atoms with Crippen LogP contribution in [0.1, 0.15) is 64.4 Å². The van der Waals surface area contributed by atoms with Gasteiger partial charge in [0.15, 0.2) is 0 Å². The quantitative estimate of drug-likeness (QED) is 0.515. The van der Waals surface area contributed by atoms with E-state index in [-0.39, 0.29) is 11.9 Å². The number of piperidine rings is 1. The normalized spacial score (nSPS) is 23.0. The van der Waals surface area contributed by atoms with Crippen LogP contribution >= 0.6 is 0 Å². The Balaban J connectivity index is 1.32. The number of likely N-dealkylation sites (tertiary alicyclic amines) is 1. The van der Waals surface area contributed by atoms with Crippen molar-refractivity contribution in [2.75, 3.05) is 19.7 Å². The number of esters is 1. The van der Waals surface area contributed by atoms with E-state index in [9.17, 15) is 4.79 Å². The zero-order chi connectivity index (χ0) is 21.6. The van der Waals surface area contributed by atoms with Crippen molar-refractivity contribution in [2.45, 2.75) is 71.4 Å². The summed E-state index contributed by atoms with van der Waals surface area (Å²) in [6, 6.07) is 13.3. The van der Waals surface area contributed by atoms with Gasteiger partial charge < -0.3 is 9.47 Å². The smallest absolute Gasteiger partial charge is 0.309 e. The largest absolute Gasteiger partial charge is 0.490 e. The highest BCUT2D eigenvalue weighted by Gasteiger charge is 2.26. The first-order valence-electron chi connectivity index (χ1n) is 12.2. The molecule has 4 rings (SSSR count). The summed E-state index contributed by atoms with van der Waals surface area (Å²) in [6.07, 6.45) is 8.43. The number of rotatable bonds is 7. The summed E-state index contributed by atoms with van der Waals surface area (Å²) in [5.41, 5.74) is 1.33. The second kappa shape index (κ2) is 10.5. The van der Waals surface area contributed by atoms with Gasteiger partial charge in [-0.25, -0.2) is 0 Å². The Kier molecular flexibility index (Phi) is 7.49. The Hall–Kier alpha value is -2.07. The highest BCUT2D eigenvalue weighted by molar-refractivity contribution is 5.84. The summed E-state index contributed by atoms with van der Waals surface area (Å²) >= 11 is 0. The highest BCUT2D eigenvalue weighted by atomic mass is 16.5. The summed E-state index contributed by atoms with van der Waals surface area (Å²) in [5.74, 6) is 1.94. The van der Waals surface area contributed by atoms with E-state index >= 15 is 0 Å². The number of carbonyl (C=O) groups excluding carboxylic acids is 1. The molecule has 1 aliphatic heterocycles. The summed E-state index contributed by atoms with van der Waals surface area (Å²) in [7, 11) is 0. The standard InChI is InChI=1S/C27H37NO3/c1-3-20-6-10-25(11-7-20)31-26-12-9-23-17-21(5-8-24(23)18-26)19-28-15-13-22(14-16-28)27(29)30-4-2/h5,8-9,12,17-18,20,22,25H,3-4,6-7,10-11,13-16,19H2,1-2H3. The third-order valence-electron chi connectivity index (χ3n) is 7.16. The van der Waals surface area contributed by atoms with E-state index in [0.717, 1.165) is 44.1 Å². The topological polar surface area (TPSA) is 38.8 Å². The number of ether oxygens (including phenoxy) is 2. The van der Waals surface area contributed by atoms with E-state index in [4.69, 9.17) is 9.47 Å². The molecular formula is C27H37NO3. The number of nitrogens with zero attached hydrogens (tertiary/aromatic N) is 1. The molecule has 1 aliphatic carbocycles. The lowest BCUT2D eigenvalue weighted by Crippen LogP contribution is -2.36. The predicted octanol–water partition coefficient (Wildman–Crippen LogP) is 5.96. The Morgan fingerprint density at radius 3 is 2.35 bits per heavy atom. The van der Waals surface area contributed by atoms with Gasteiger partial charge in [-0.3, -0.25) is 9.69 Å². The third-order valence-corrected chi connectivity index (χ3v) is 7.16. The fraction of sp³-hybridized carbons (Fsp3) is 0.593. The van der Waals surface area contributed by atoms with E-state index in [1.165, 1.54) is 48.4 Å². The molecule has 0 N–H and O–H groups in total. The van der Waals surface area contributed by atoms with Crippen LogP contribution < -0.4 is 4.74 Å². The Morgan fingerprint density at radius 1 is 0.935 bits per heavy atom. The molecular weight excluding hydrogens is 386 g/mol. The Labute approximate surface area is 186 Å². The lowest BCUT2D eigenvalue weighted by atomic mass is 9.86. The molecule has 0 radical (unpaired) electrons. The molecule has 1 saturated heterocycles. The van der Waals surface area contributed by atoms with E-state index < -0.39 is 0 Å². The molecule has 2 aromatic rings. The van der Waals surface area contributed by atoms with Gasteiger partial charge in [-0.1, -0.05) is 31.5 Å². The first kappa shape index (κ1) is 22.1. The van der Waals surface area contributed by atoms with E-state index in [1.807, 2.05) is 6.92 Å². The maximum Gasteiger partial charge on any atom is 0.309 e. The molecule has 2 fully saturated rings. The Morgan fingerprint density at radius 2 is 1.65 bits per heavy atom. The van der Waals surface area contributed by atoms with Gasteiger partial charge >= 0.3 is 5.97 Å². The zero-order valence-corrected chi connectivity index (χ0v) is 19.1. The molecule has 2 aromatic carbocycles. The van der Waals surface area contributed by atoms with Crippen LogP contribution in [0, 0.1) is 11.8 Å². The zero-order valence-electron chi connectivity index (χ0n) is 19.1. The van der Waals surface area contributed by atoms with Crippen LogP contribution in [0.15, 0.2) is 36.4 Å². The van der Waals surface area contributed by atoms with Gasteiger partial charge in [0.1, 0.15) is 5.75 Å². The molecule has 0 amide bonds. The molecule has 0 atom stereocenters. The van der Waals surface area contributed by atoms with Crippen LogP contribution in [-0.2, 0) is 16.1 Å². The molecule has 1 heterocycles. The van der Waals surface area contributed by atoms with Crippen LogP contribution in [0.4, 0.5) is 0 Å². The van der Waals surface area contributed by atoms with E-state index in [1.54, 1.807) is 0 Å². The van der Waals surface area contributed by atoms with Gasteiger partial charge in [-0.05, 0) is 99.0 Å². The monoisotopic (exact) mass is 423 g/mol. The van der Waals surface area contributed by atoms with Crippen molar-refractivity contribution >= 4 is 16.7 Å². The number of carbonyl (C=O) groups is 1. The van der Waals surface area contributed by atoms with Crippen molar-refractivity contribution in [3.63, 3.8) is 0 Å². The van der Waals surface area contributed by atoms with Crippen LogP contribution in [-0.4, -0.2) is 36.7 Å². The average Bonchev–Trinajstić information content (AvgIpc) is 2.80. The lowest BCUT2D eigenvalue weighted by molar-refractivity contribution is -0.149. The number of fused-ring (bicyclic) bond motifs is 1. The van der Waals surface area contributed by atoms with Gasteiger partial charge in [0.2, 0.25) is 0 Å². The van der Waals surface area contributed by atoms with Gasteiger partial charge in [0, 0.05) is 6.54 Å². The van der Waals surface area contributed by atoms with Crippen molar-refractivity contribution in [2.24, 2.45) is 11.8 Å². The van der Waals surface area contributed by atoms with E-state index in [0.29, 0.717) is 12.7 Å². The summed E-state index contributed by atoms with van der Waals surface area (Å²) < 4.78 is 11.5. The van der Waals surface area contributed by atoms with Crippen molar-refractivity contribution in [3.8, 4) is 5.75 Å². The minimum atomic E-state index is -0.0238. The summed E-state index contributed by atoms with van der Waals surface area (Å²) in [4.78, 5) is 14.4. The molecule has 2 aliphatic rings. The average molecular weight is 424 g/mol. The first-order valence-corrected chi connectivity index (χ1v) is 12.2. The predicted molar refractivity (Wildman–Crippen MR) is 125 cm³/mol. The van der Waals surface area contributed by atoms with Gasteiger partial charge in [0.05, 0.1) is 18.6 Å². The molecule has 4 heteroatoms. The van der Waals surface area contributed by atoms with Crippen molar-refractivity contribution in [1.29, 1.82) is 0 Å². The fourth-order valence-corrected chi connectivity index (χ4v) is 5.14. The highest BCUT2D eigenvalue weighted by Crippen LogP contribution is 2.31. The minimum Gasteiger partial charge on any atom is -0.490 e. The number of hydrogen-bond donors (Lipinski definition) is 0. The molecule has 1 saturated carbocycles. The second-order valence-corrected chi connectivity index (χ2v) is 9.31. The summed E-state index contributed by atoms with van der Waals surface area (Å²) in [6.45, 7) is 7.49. The first-order chi connectivity index (χ1) is 15.1.